The van der Waals surface area contributed by atoms with Crippen LogP contribution in [0, 0.1) is 0 Å². The fraction of sp³-hybridized carbons (Fsp3) is 0.455. The number of hydrogen-bond acceptors (Lipinski definition) is 4. The lowest BCUT2D eigenvalue weighted by Gasteiger charge is -2.21. The van der Waals surface area contributed by atoms with Crippen LogP contribution in [0.3, 0.4) is 0 Å². The van der Waals surface area contributed by atoms with Gasteiger partial charge in [0.25, 0.3) is 5.91 Å². The zero-order valence-corrected chi connectivity index (χ0v) is 9.92. The van der Waals surface area contributed by atoms with Crippen LogP contribution in [-0.4, -0.2) is 60.5 Å². The first-order chi connectivity index (χ1) is 8.00. The van der Waals surface area contributed by atoms with Crippen molar-refractivity contribution in [2.75, 3.05) is 33.7 Å². The lowest BCUT2D eigenvalue weighted by Crippen LogP contribution is -2.39. The van der Waals surface area contributed by atoms with E-state index in [0.717, 1.165) is 0 Å². The van der Waals surface area contributed by atoms with Crippen LogP contribution in [-0.2, 0) is 4.79 Å². The fourth-order valence-corrected chi connectivity index (χ4v) is 1.31. The summed E-state index contributed by atoms with van der Waals surface area (Å²) in [6.07, 6.45) is 2.70. The molecule has 1 rings (SSSR count). The van der Waals surface area contributed by atoms with Gasteiger partial charge in [0.05, 0.1) is 11.8 Å². The van der Waals surface area contributed by atoms with E-state index in [1.807, 2.05) is 19.0 Å². The second-order valence-corrected chi connectivity index (χ2v) is 3.94. The number of amides is 1. The maximum atomic E-state index is 11.9. The van der Waals surface area contributed by atoms with Gasteiger partial charge in [0, 0.05) is 13.1 Å². The molecule has 6 heteroatoms. The van der Waals surface area contributed by atoms with Crippen molar-refractivity contribution in [3.63, 3.8) is 0 Å². The molecule has 1 amide bonds. The summed E-state index contributed by atoms with van der Waals surface area (Å²) in [7, 11) is 3.72. The van der Waals surface area contributed by atoms with Gasteiger partial charge in [0.2, 0.25) is 0 Å². The van der Waals surface area contributed by atoms with Crippen molar-refractivity contribution in [3.05, 3.63) is 24.2 Å². The second kappa shape index (κ2) is 6.05. The Morgan fingerprint density at radius 1 is 1.35 bits per heavy atom. The fourth-order valence-electron chi connectivity index (χ4n) is 1.31. The Kier molecular flexibility index (Phi) is 4.71. The molecule has 0 fully saturated rings. The maximum absolute atomic E-state index is 11.9. The molecular formula is C11H16N2O4. The molecule has 0 saturated heterocycles. The minimum atomic E-state index is -1.03. The summed E-state index contributed by atoms with van der Waals surface area (Å²) in [6, 6.07) is 1.52. The molecule has 94 valence electrons. The van der Waals surface area contributed by atoms with Crippen molar-refractivity contribution in [2.24, 2.45) is 0 Å². The number of furan rings is 1. The Labute approximate surface area is 99.4 Å². The molecule has 6 nitrogen and oxygen atoms in total. The average Bonchev–Trinajstić information content (AvgIpc) is 2.75. The number of carboxylic acids is 1. The van der Waals surface area contributed by atoms with E-state index in [1.165, 1.54) is 23.5 Å². The third-order valence-corrected chi connectivity index (χ3v) is 2.20. The van der Waals surface area contributed by atoms with Crippen molar-refractivity contribution in [2.45, 2.75) is 0 Å². The van der Waals surface area contributed by atoms with Gasteiger partial charge >= 0.3 is 5.97 Å². The molecule has 1 heterocycles. The predicted octanol–water partition coefficient (Wildman–Crippen LogP) is 0.368. The summed E-state index contributed by atoms with van der Waals surface area (Å²) in [5.74, 6) is -1.36. The second-order valence-electron chi connectivity index (χ2n) is 3.94. The number of likely N-dealkylation sites (N-methyl/N-ethyl adjacent to an activating group) is 1. The highest BCUT2D eigenvalue weighted by molar-refractivity contribution is 5.95. The van der Waals surface area contributed by atoms with E-state index < -0.39 is 5.97 Å². The molecule has 0 aromatic carbocycles. The van der Waals surface area contributed by atoms with Crippen LogP contribution in [0.2, 0.25) is 0 Å². The van der Waals surface area contributed by atoms with Gasteiger partial charge in [-0.2, -0.15) is 0 Å². The van der Waals surface area contributed by atoms with Crippen LogP contribution in [0.1, 0.15) is 10.4 Å². The largest absolute Gasteiger partial charge is 0.480 e. The van der Waals surface area contributed by atoms with Crippen molar-refractivity contribution in [1.29, 1.82) is 0 Å². The van der Waals surface area contributed by atoms with Crippen LogP contribution in [0.15, 0.2) is 23.0 Å². The number of carboxylic acid groups (broad SMARTS) is 1. The number of rotatable bonds is 6. The van der Waals surface area contributed by atoms with Crippen LogP contribution in [0.4, 0.5) is 0 Å². The summed E-state index contributed by atoms with van der Waals surface area (Å²) >= 11 is 0. The smallest absolute Gasteiger partial charge is 0.323 e. The van der Waals surface area contributed by atoms with Crippen LogP contribution in [0.5, 0.6) is 0 Å². The first-order valence-corrected chi connectivity index (χ1v) is 5.18. The third kappa shape index (κ3) is 4.28. The Morgan fingerprint density at radius 3 is 2.53 bits per heavy atom. The van der Waals surface area contributed by atoms with Crippen molar-refractivity contribution in [3.8, 4) is 0 Å². The SMILES string of the molecule is CN(C)CCN(CC(=O)O)C(=O)c1ccoc1. The highest BCUT2D eigenvalue weighted by Gasteiger charge is 2.19. The summed E-state index contributed by atoms with van der Waals surface area (Å²) in [5, 5.41) is 8.76. The van der Waals surface area contributed by atoms with Crippen LogP contribution < -0.4 is 0 Å². The quantitative estimate of drug-likeness (QED) is 0.777. The Morgan fingerprint density at radius 2 is 2.06 bits per heavy atom. The molecule has 1 N–H and O–H groups in total. The number of carbonyl (C=O) groups is 2. The van der Waals surface area contributed by atoms with Gasteiger partial charge < -0.3 is 19.3 Å². The molecule has 1 aromatic rings. The topological polar surface area (TPSA) is 74.0 Å². The average molecular weight is 240 g/mol. The summed E-state index contributed by atoms with van der Waals surface area (Å²) in [4.78, 5) is 25.8. The molecule has 0 saturated carbocycles. The Bertz CT molecular complexity index is 373. The first-order valence-electron chi connectivity index (χ1n) is 5.18. The lowest BCUT2D eigenvalue weighted by atomic mass is 10.3. The highest BCUT2D eigenvalue weighted by Crippen LogP contribution is 2.05. The van der Waals surface area contributed by atoms with E-state index in [2.05, 4.69) is 0 Å². The molecule has 0 spiro atoms. The number of nitrogens with zero attached hydrogens (tertiary/aromatic N) is 2. The molecule has 1 aromatic heterocycles. The van der Waals surface area contributed by atoms with E-state index in [1.54, 1.807) is 0 Å². The zero-order valence-electron chi connectivity index (χ0n) is 9.92. The normalized spacial score (nSPS) is 10.5. The Hall–Kier alpha value is -1.82. The van der Waals surface area contributed by atoms with Gasteiger partial charge in [-0.05, 0) is 20.2 Å². The molecule has 0 atom stereocenters. The molecule has 0 aliphatic rings. The monoisotopic (exact) mass is 240 g/mol. The summed E-state index contributed by atoms with van der Waals surface area (Å²) < 4.78 is 4.81. The molecule has 0 aliphatic heterocycles. The minimum absolute atomic E-state index is 0.308. The molecule has 0 radical (unpaired) electrons. The van der Waals surface area contributed by atoms with E-state index in [0.29, 0.717) is 18.7 Å². The molecule has 0 unspecified atom stereocenters. The van der Waals surface area contributed by atoms with Crippen LogP contribution in [0.25, 0.3) is 0 Å². The van der Waals surface area contributed by atoms with Gasteiger partial charge in [0.1, 0.15) is 12.8 Å². The van der Waals surface area contributed by atoms with Gasteiger partial charge in [-0.15, -0.1) is 0 Å². The van der Waals surface area contributed by atoms with Gasteiger partial charge in [-0.3, -0.25) is 9.59 Å². The maximum Gasteiger partial charge on any atom is 0.323 e. The summed E-state index contributed by atoms with van der Waals surface area (Å²) in [6.45, 7) is 0.665. The van der Waals surface area contributed by atoms with E-state index >= 15 is 0 Å². The number of hydrogen-bond donors (Lipinski definition) is 1. The first kappa shape index (κ1) is 13.2. The standard InChI is InChI=1S/C11H16N2O4/c1-12(2)4-5-13(7-10(14)15)11(16)9-3-6-17-8-9/h3,6,8H,4-5,7H2,1-2H3,(H,14,15). The number of carbonyl (C=O) groups excluding carboxylic acids is 1. The third-order valence-electron chi connectivity index (χ3n) is 2.20. The van der Waals surface area contributed by atoms with Crippen LogP contribution >= 0.6 is 0 Å². The predicted molar refractivity (Wildman–Crippen MR) is 60.8 cm³/mol. The molecule has 17 heavy (non-hydrogen) atoms. The van der Waals surface area contributed by atoms with Gasteiger partial charge in [-0.25, -0.2) is 0 Å². The van der Waals surface area contributed by atoms with Crippen molar-refractivity contribution < 1.29 is 19.1 Å². The summed E-state index contributed by atoms with van der Waals surface area (Å²) in [5.41, 5.74) is 0.366. The van der Waals surface area contributed by atoms with Crippen molar-refractivity contribution >= 4 is 11.9 Å². The van der Waals surface area contributed by atoms with Crippen molar-refractivity contribution in [1.82, 2.24) is 9.80 Å². The van der Waals surface area contributed by atoms with E-state index in [9.17, 15) is 9.59 Å². The minimum Gasteiger partial charge on any atom is -0.480 e. The van der Waals surface area contributed by atoms with Gasteiger partial charge in [0.15, 0.2) is 0 Å². The lowest BCUT2D eigenvalue weighted by molar-refractivity contribution is -0.137. The number of aliphatic carboxylic acids is 1. The highest BCUT2D eigenvalue weighted by atomic mass is 16.4. The zero-order chi connectivity index (χ0) is 12.8. The van der Waals surface area contributed by atoms with E-state index in [-0.39, 0.29) is 12.5 Å². The van der Waals surface area contributed by atoms with E-state index in [4.69, 9.17) is 9.52 Å². The molecular weight excluding hydrogens is 224 g/mol. The molecule has 0 bridgehead atoms. The Balaban J connectivity index is 2.68. The van der Waals surface area contributed by atoms with Gasteiger partial charge in [-0.1, -0.05) is 0 Å². The molecule has 0 aliphatic carbocycles.